The summed E-state index contributed by atoms with van der Waals surface area (Å²) in [6.45, 7) is 4.19. The fraction of sp³-hybridized carbons (Fsp3) is 0.409. The van der Waals surface area contributed by atoms with E-state index in [4.69, 9.17) is 0 Å². The van der Waals surface area contributed by atoms with Crippen molar-refractivity contribution in [1.29, 1.82) is 0 Å². The van der Waals surface area contributed by atoms with Crippen LogP contribution in [-0.2, 0) is 17.5 Å². The van der Waals surface area contributed by atoms with Crippen molar-refractivity contribution in [3.05, 3.63) is 65.5 Å². The van der Waals surface area contributed by atoms with Crippen molar-refractivity contribution in [3.8, 4) is 0 Å². The lowest BCUT2D eigenvalue weighted by Crippen LogP contribution is -2.42. The van der Waals surface area contributed by atoms with Crippen molar-refractivity contribution in [2.24, 2.45) is 5.92 Å². The van der Waals surface area contributed by atoms with Gasteiger partial charge in [0.25, 0.3) is 0 Å². The summed E-state index contributed by atoms with van der Waals surface area (Å²) in [6.07, 6.45) is -1.26. The van der Waals surface area contributed by atoms with Crippen molar-refractivity contribution < 1.29 is 22.8 Å². The SMILES string of the molecule is CC(C)NC(=O)N1CC(C(=O)NCc2ccncc2)C(c2cccc(C(F)(F)F)c2)C1. The number of halogens is 3. The van der Waals surface area contributed by atoms with E-state index in [-0.39, 0.29) is 37.6 Å². The van der Waals surface area contributed by atoms with Gasteiger partial charge in [-0.3, -0.25) is 9.78 Å². The van der Waals surface area contributed by atoms with Gasteiger partial charge in [-0.05, 0) is 43.2 Å². The lowest BCUT2D eigenvalue weighted by atomic mass is 9.87. The van der Waals surface area contributed by atoms with Crippen LogP contribution in [0.4, 0.5) is 18.0 Å². The first-order chi connectivity index (χ1) is 14.6. The van der Waals surface area contributed by atoms with Gasteiger partial charge in [0.15, 0.2) is 0 Å². The zero-order valence-electron chi connectivity index (χ0n) is 17.3. The van der Waals surface area contributed by atoms with Crippen LogP contribution in [0.2, 0.25) is 0 Å². The van der Waals surface area contributed by atoms with Gasteiger partial charge in [-0.1, -0.05) is 18.2 Å². The van der Waals surface area contributed by atoms with E-state index < -0.39 is 23.6 Å². The number of urea groups is 1. The van der Waals surface area contributed by atoms with Crippen LogP contribution in [0, 0.1) is 5.92 Å². The number of likely N-dealkylation sites (tertiary alicyclic amines) is 1. The topological polar surface area (TPSA) is 74.3 Å². The molecule has 166 valence electrons. The fourth-order valence-electron chi connectivity index (χ4n) is 3.68. The summed E-state index contributed by atoms with van der Waals surface area (Å²) < 4.78 is 39.6. The van der Waals surface area contributed by atoms with E-state index in [2.05, 4.69) is 15.6 Å². The highest BCUT2D eigenvalue weighted by Gasteiger charge is 2.41. The molecule has 0 spiro atoms. The predicted molar refractivity (Wildman–Crippen MR) is 109 cm³/mol. The minimum atomic E-state index is -4.48. The van der Waals surface area contributed by atoms with Gasteiger partial charge >= 0.3 is 12.2 Å². The smallest absolute Gasteiger partial charge is 0.352 e. The van der Waals surface area contributed by atoms with E-state index in [1.807, 2.05) is 13.8 Å². The summed E-state index contributed by atoms with van der Waals surface area (Å²) in [5.41, 5.74) is 0.469. The number of nitrogens with one attached hydrogen (secondary N) is 2. The van der Waals surface area contributed by atoms with Crippen LogP contribution >= 0.6 is 0 Å². The molecule has 0 radical (unpaired) electrons. The Labute approximate surface area is 178 Å². The summed E-state index contributed by atoms with van der Waals surface area (Å²) in [5, 5.41) is 5.62. The van der Waals surface area contributed by atoms with Gasteiger partial charge in [0, 0.05) is 44.0 Å². The molecule has 9 heteroatoms. The van der Waals surface area contributed by atoms with E-state index in [9.17, 15) is 22.8 Å². The third-order valence-electron chi connectivity index (χ3n) is 5.21. The molecule has 2 heterocycles. The van der Waals surface area contributed by atoms with E-state index in [1.165, 1.54) is 11.0 Å². The highest BCUT2D eigenvalue weighted by molar-refractivity contribution is 5.83. The second kappa shape index (κ2) is 9.36. The van der Waals surface area contributed by atoms with Crippen molar-refractivity contribution in [2.75, 3.05) is 13.1 Å². The average Bonchev–Trinajstić information content (AvgIpc) is 3.18. The van der Waals surface area contributed by atoms with Gasteiger partial charge in [0.2, 0.25) is 5.91 Å². The Morgan fingerprint density at radius 2 is 1.87 bits per heavy atom. The number of carbonyl (C=O) groups excluding carboxylic acids is 2. The maximum Gasteiger partial charge on any atom is 0.416 e. The zero-order chi connectivity index (χ0) is 22.6. The lowest BCUT2D eigenvalue weighted by molar-refractivity contribution is -0.137. The van der Waals surface area contributed by atoms with Crippen LogP contribution in [-0.4, -0.2) is 41.0 Å². The Bertz CT molecular complexity index is 918. The Morgan fingerprint density at radius 1 is 1.16 bits per heavy atom. The number of hydrogen-bond acceptors (Lipinski definition) is 3. The molecule has 1 saturated heterocycles. The third-order valence-corrected chi connectivity index (χ3v) is 5.21. The van der Waals surface area contributed by atoms with Crippen LogP contribution in [0.15, 0.2) is 48.8 Å². The standard InChI is InChI=1S/C22H25F3N4O2/c1-14(2)28-21(31)29-12-18(16-4-3-5-17(10-16)22(23,24)25)19(13-29)20(30)27-11-15-6-8-26-9-7-15/h3-10,14,18-19H,11-13H2,1-2H3,(H,27,30)(H,28,31). The predicted octanol–water partition coefficient (Wildman–Crippen LogP) is 3.55. The van der Waals surface area contributed by atoms with E-state index in [1.54, 1.807) is 30.6 Å². The Kier molecular flexibility index (Phi) is 6.82. The summed E-state index contributed by atoms with van der Waals surface area (Å²) in [6, 6.07) is 8.07. The molecule has 1 fully saturated rings. The first-order valence-electron chi connectivity index (χ1n) is 10.0. The normalized spacial score (nSPS) is 18.8. The van der Waals surface area contributed by atoms with Crippen molar-refractivity contribution in [2.45, 2.75) is 38.5 Å². The summed E-state index contributed by atoms with van der Waals surface area (Å²) in [5.74, 6) is -1.51. The lowest BCUT2D eigenvalue weighted by Gasteiger charge is -2.19. The molecule has 1 aromatic heterocycles. The molecule has 0 aliphatic carbocycles. The van der Waals surface area contributed by atoms with Crippen LogP contribution in [0.5, 0.6) is 0 Å². The van der Waals surface area contributed by atoms with Crippen molar-refractivity contribution >= 4 is 11.9 Å². The summed E-state index contributed by atoms with van der Waals surface area (Å²) in [7, 11) is 0. The van der Waals surface area contributed by atoms with Gasteiger partial charge in [-0.25, -0.2) is 4.79 Å². The van der Waals surface area contributed by atoms with Gasteiger partial charge < -0.3 is 15.5 Å². The molecular formula is C22H25F3N4O2. The first-order valence-corrected chi connectivity index (χ1v) is 10.0. The molecule has 3 amide bonds. The third kappa shape index (κ3) is 5.74. The van der Waals surface area contributed by atoms with Crippen LogP contribution in [0.3, 0.4) is 0 Å². The zero-order valence-corrected chi connectivity index (χ0v) is 17.3. The second-order valence-electron chi connectivity index (χ2n) is 7.92. The van der Waals surface area contributed by atoms with E-state index >= 15 is 0 Å². The molecule has 2 aromatic rings. The number of rotatable bonds is 5. The summed E-state index contributed by atoms with van der Waals surface area (Å²) >= 11 is 0. The average molecular weight is 434 g/mol. The largest absolute Gasteiger partial charge is 0.416 e. The molecule has 2 unspecified atom stereocenters. The maximum absolute atomic E-state index is 13.2. The molecule has 0 bridgehead atoms. The molecule has 31 heavy (non-hydrogen) atoms. The van der Waals surface area contributed by atoms with Crippen molar-refractivity contribution in [3.63, 3.8) is 0 Å². The number of amides is 3. The van der Waals surface area contributed by atoms with Crippen LogP contribution in [0.25, 0.3) is 0 Å². The van der Waals surface area contributed by atoms with Gasteiger partial charge in [0.1, 0.15) is 0 Å². The molecule has 1 aliphatic heterocycles. The minimum Gasteiger partial charge on any atom is -0.352 e. The van der Waals surface area contributed by atoms with Crippen LogP contribution < -0.4 is 10.6 Å². The highest BCUT2D eigenvalue weighted by atomic mass is 19.4. The number of benzene rings is 1. The Balaban J connectivity index is 1.82. The Morgan fingerprint density at radius 3 is 2.52 bits per heavy atom. The number of pyridine rings is 1. The molecule has 6 nitrogen and oxygen atoms in total. The van der Waals surface area contributed by atoms with Gasteiger partial charge in [0.05, 0.1) is 11.5 Å². The quantitative estimate of drug-likeness (QED) is 0.756. The molecule has 0 saturated carbocycles. The van der Waals surface area contributed by atoms with E-state index in [0.29, 0.717) is 5.56 Å². The number of nitrogens with zero attached hydrogens (tertiary/aromatic N) is 2. The number of carbonyl (C=O) groups is 2. The summed E-state index contributed by atoms with van der Waals surface area (Å²) in [4.78, 5) is 30.9. The maximum atomic E-state index is 13.2. The molecule has 2 atom stereocenters. The fourth-order valence-corrected chi connectivity index (χ4v) is 3.68. The molecular weight excluding hydrogens is 409 g/mol. The van der Waals surface area contributed by atoms with E-state index in [0.717, 1.165) is 17.7 Å². The van der Waals surface area contributed by atoms with Crippen LogP contribution in [0.1, 0.15) is 36.5 Å². The first kappa shape index (κ1) is 22.6. The van der Waals surface area contributed by atoms with Gasteiger partial charge in [-0.15, -0.1) is 0 Å². The number of aromatic nitrogens is 1. The monoisotopic (exact) mass is 434 g/mol. The molecule has 3 rings (SSSR count). The molecule has 1 aromatic carbocycles. The second-order valence-corrected chi connectivity index (χ2v) is 7.92. The van der Waals surface area contributed by atoms with Crippen molar-refractivity contribution in [1.82, 2.24) is 20.5 Å². The molecule has 1 aliphatic rings. The highest BCUT2D eigenvalue weighted by Crippen LogP contribution is 2.36. The Hall–Kier alpha value is -3.10. The van der Waals surface area contributed by atoms with Gasteiger partial charge in [-0.2, -0.15) is 13.2 Å². The minimum absolute atomic E-state index is 0.0981. The number of hydrogen-bond donors (Lipinski definition) is 2. The number of alkyl halides is 3. The molecule has 2 N–H and O–H groups in total.